The van der Waals surface area contributed by atoms with E-state index < -0.39 is 42.5 Å². The Bertz CT molecular complexity index is 4930. The van der Waals surface area contributed by atoms with Crippen molar-refractivity contribution in [2.75, 3.05) is 118 Å². The maximum Gasteiger partial charge on any atom is 3.00 e. The number of hydrogen-bond donors (Lipinski definition) is 6. The number of hydrogen-bond acceptors (Lipinski definition) is 18. The molecule has 132 heavy (non-hydrogen) atoms. The van der Waals surface area contributed by atoms with E-state index in [1.54, 1.807) is 73.7 Å². The van der Waals surface area contributed by atoms with E-state index in [1.807, 2.05) is 182 Å². The van der Waals surface area contributed by atoms with Gasteiger partial charge in [-0.1, -0.05) is 253 Å². The molecule has 12 aromatic carbocycles. The fourth-order valence-corrected chi connectivity index (χ4v) is 12.4. The summed E-state index contributed by atoms with van der Waals surface area (Å²) >= 11 is -33.2. The largest absolute Gasteiger partial charge is 3.00 e. The van der Waals surface area contributed by atoms with Gasteiger partial charge in [-0.2, -0.15) is 0 Å². The van der Waals surface area contributed by atoms with Crippen LogP contribution in [-0.2, 0) is 51.2 Å². The second-order valence-corrected chi connectivity index (χ2v) is 41.0. The van der Waals surface area contributed by atoms with E-state index in [2.05, 4.69) is 61.9 Å². The summed E-state index contributed by atoms with van der Waals surface area (Å²) in [6.07, 6.45) is 15.8. The van der Waals surface area contributed by atoms with Crippen LogP contribution in [0.15, 0.2) is 248 Å². The molecule has 0 aliphatic carbocycles. The standard InChI is InChI=1S/3C30H34N4O2.3AsF6.3Mn/c3*35-29-13-11-23-7-1-3-9-25(23)27(29)21-33-17-5-15-31-19-20-32-16-6-18-34-22-28-26-10-4-2-8-24(26)12-14-30(28)36;3*2-1(3,4,5,6)7;;;/h3*1-4,7-14,21-22,31-32,35-36H,5-6,15-20H2;;;;;;/q;;;3*-1;3*+3/p-6. The van der Waals surface area contributed by atoms with E-state index >= 15 is 0 Å². The topological polar surface area (TPSA) is 285 Å². The van der Waals surface area contributed by atoms with Gasteiger partial charge in [0.1, 0.15) is 0 Å². The van der Waals surface area contributed by atoms with E-state index in [4.69, 9.17) is 0 Å². The van der Waals surface area contributed by atoms with Crippen LogP contribution >= 0.6 is 0 Å². The number of halogens is 18. The van der Waals surface area contributed by atoms with E-state index in [-0.39, 0.29) is 85.7 Å². The summed E-state index contributed by atoms with van der Waals surface area (Å²) in [6, 6.07) is 68.1. The predicted octanol–water partition coefficient (Wildman–Crippen LogP) is 17.3. The molecular weight excluding hydrogens is 2080 g/mol. The molecule has 0 spiro atoms. The van der Waals surface area contributed by atoms with Crippen LogP contribution in [0, 0.1) is 0 Å². The third-order valence-electron chi connectivity index (χ3n) is 18.2. The number of aliphatic imine (C=N–C) groups is 6. The summed E-state index contributed by atoms with van der Waals surface area (Å²) < 4.78 is 178. The molecule has 0 saturated carbocycles. The molecule has 42 heteroatoms. The van der Waals surface area contributed by atoms with Crippen molar-refractivity contribution in [2.24, 2.45) is 30.0 Å². The van der Waals surface area contributed by atoms with Crippen molar-refractivity contribution in [1.82, 2.24) is 31.9 Å². The molecular formula is C90H96As3F18Mn3N12O6. The van der Waals surface area contributed by atoms with E-state index in [0.717, 1.165) is 182 Å². The summed E-state index contributed by atoms with van der Waals surface area (Å²) in [4.78, 5) is 26.8. The third-order valence-corrected chi connectivity index (χ3v) is 18.2. The Morgan fingerprint density at radius 1 is 0.189 bits per heavy atom. The Hall–Kier alpha value is -9.25. The normalized spacial score (nSPS) is 13.4. The molecule has 0 radical (unpaired) electrons. The SMILES string of the molecule is F[As-](F)(F)(F)(F)F.F[As-](F)(F)(F)(F)F.F[As-](F)(F)(F)(F)F.[Mn+3].[Mn+3].[Mn+3].[O-]c1ccc2ccccc2c1C=NCCCNCCNCCCN=Cc1c([O-])ccc2ccccc12.[O-]c1ccc2ccccc2c1C=NCCCNCCNCCCN=Cc1c([O-])ccc2ccccc12.[O-]c1ccc2ccccc2c1C=NCCCNCCNCCCN=Cc1c([O-])ccc2ccccc12. The molecule has 12 aromatic rings. The first-order valence-electron chi connectivity index (χ1n) is 40.6. The van der Waals surface area contributed by atoms with Crippen LogP contribution in [0.5, 0.6) is 34.5 Å². The van der Waals surface area contributed by atoms with Gasteiger partial charge in [-0.3, -0.25) is 30.0 Å². The Labute approximate surface area is 787 Å². The second kappa shape index (κ2) is 51.5. The fourth-order valence-electron chi connectivity index (χ4n) is 12.4. The van der Waals surface area contributed by atoms with Crippen molar-refractivity contribution < 1.29 is 144 Å². The molecule has 0 heterocycles. The number of nitrogens with zero attached hydrogens (tertiary/aromatic N) is 6. The average molecular weight is 2170 g/mol. The quantitative estimate of drug-likeness (QED) is 0.00908. The molecule has 0 aliphatic rings. The van der Waals surface area contributed by atoms with Crippen LogP contribution in [0.3, 0.4) is 0 Å². The van der Waals surface area contributed by atoms with Gasteiger partial charge < -0.3 is 62.5 Å². The molecule has 714 valence electrons. The molecule has 0 bridgehead atoms. The second-order valence-electron chi connectivity index (χ2n) is 28.9. The van der Waals surface area contributed by atoms with Gasteiger partial charge in [0.15, 0.2) is 0 Å². The van der Waals surface area contributed by atoms with Gasteiger partial charge in [0.05, 0.1) is 0 Å². The summed E-state index contributed by atoms with van der Waals surface area (Å²) in [7, 11) is 0. The number of benzene rings is 12. The molecule has 0 amide bonds. The summed E-state index contributed by atoms with van der Waals surface area (Å²) in [5.74, 6) is 0.0614. The maximum absolute atomic E-state index is 12.2. The first-order chi connectivity index (χ1) is 60.6. The Kier molecular flexibility index (Phi) is 44.9. The minimum Gasteiger partial charge on any atom is -0.872 e. The van der Waals surface area contributed by atoms with Crippen LogP contribution < -0.4 is 62.5 Å². The van der Waals surface area contributed by atoms with Crippen LogP contribution in [0.25, 0.3) is 64.6 Å². The average Bonchev–Trinajstić information content (AvgIpc) is 0.787. The van der Waals surface area contributed by atoms with Gasteiger partial charge in [-0.15, -0.1) is 0 Å². The Morgan fingerprint density at radius 3 is 0.439 bits per heavy atom. The Morgan fingerprint density at radius 2 is 0.311 bits per heavy atom. The van der Waals surface area contributed by atoms with Gasteiger partial charge in [-0.05, 0) is 176 Å². The first kappa shape index (κ1) is 115. The van der Waals surface area contributed by atoms with Crippen molar-refractivity contribution in [2.45, 2.75) is 38.5 Å². The molecule has 0 aliphatic heterocycles. The molecule has 0 saturated heterocycles. The Balaban J connectivity index is 0.000000368. The van der Waals surface area contributed by atoms with Crippen LogP contribution in [0.1, 0.15) is 71.9 Å². The van der Waals surface area contributed by atoms with Gasteiger partial charge in [0.2, 0.25) is 0 Å². The first-order valence-corrected chi connectivity index (χ1v) is 53.4. The summed E-state index contributed by atoms with van der Waals surface area (Å²) in [5.41, 5.74) is 4.00. The minimum absolute atomic E-state index is 0. The van der Waals surface area contributed by atoms with Gasteiger partial charge in [-0.25, -0.2) is 0 Å². The molecule has 18 nitrogen and oxygen atoms in total. The van der Waals surface area contributed by atoms with Gasteiger partial charge in [0, 0.05) is 116 Å². The van der Waals surface area contributed by atoms with Crippen molar-refractivity contribution in [3.05, 3.63) is 252 Å². The molecule has 0 fully saturated rings. The van der Waals surface area contributed by atoms with Crippen molar-refractivity contribution in [1.29, 1.82) is 0 Å². The zero-order valence-corrected chi connectivity index (χ0v) is 79.8. The van der Waals surface area contributed by atoms with E-state index in [1.165, 1.54) is 0 Å². The van der Waals surface area contributed by atoms with Crippen molar-refractivity contribution in [3.63, 3.8) is 0 Å². The molecule has 6 N–H and O–H groups in total. The molecule has 0 atom stereocenters. The minimum atomic E-state index is -11.1. The molecule has 12 rings (SSSR count). The number of rotatable bonds is 39. The summed E-state index contributed by atoms with van der Waals surface area (Å²) in [6.45, 7) is 14.7. The number of nitrogens with one attached hydrogen (secondary N) is 6. The maximum atomic E-state index is 12.2. The van der Waals surface area contributed by atoms with E-state index in [9.17, 15) is 93.0 Å². The van der Waals surface area contributed by atoms with Crippen LogP contribution in [-0.4, -0.2) is 198 Å². The fraction of sp³-hybridized carbons (Fsp3) is 0.267. The van der Waals surface area contributed by atoms with Crippen LogP contribution in [0.2, 0.25) is 0 Å². The predicted molar refractivity (Wildman–Crippen MR) is 477 cm³/mol. The van der Waals surface area contributed by atoms with Gasteiger partial charge >= 0.3 is 156 Å². The van der Waals surface area contributed by atoms with Crippen molar-refractivity contribution in [3.8, 4) is 34.5 Å². The monoisotopic (exact) mass is 2170 g/mol. The van der Waals surface area contributed by atoms with Gasteiger partial charge in [0.25, 0.3) is 0 Å². The number of fused-ring (bicyclic) bond motifs is 6. The van der Waals surface area contributed by atoms with Crippen LogP contribution in [0.4, 0.5) is 62.4 Å². The van der Waals surface area contributed by atoms with E-state index in [0.29, 0.717) is 72.6 Å². The smallest absolute Gasteiger partial charge is 0.872 e. The third kappa shape index (κ3) is 50.2. The molecule has 0 aromatic heterocycles. The zero-order chi connectivity index (χ0) is 94.2. The zero-order valence-electron chi connectivity index (χ0n) is 70.6. The summed E-state index contributed by atoms with van der Waals surface area (Å²) in [5, 5.41) is 106. The molecule has 0 unspecified atom stereocenters. The van der Waals surface area contributed by atoms with Crippen molar-refractivity contribution >= 4 is 144 Å².